The second-order valence-electron chi connectivity index (χ2n) is 1.86. The second kappa shape index (κ2) is 5.91. The van der Waals surface area contributed by atoms with Crippen molar-refractivity contribution < 1.29 is 0 Å². The van der Waals surface area contributed by atoms with Crippen LogP contribution in [0.25, 0.3) is 0 Å². The van der Waals surface area contributed by atoms with Crippen molar-refractivity contribution >= 4 is 21.2 Å². The van der Waals surface area contributed by atoms with E-state index in [0.29, 0.717) is 4.99 Å². The van der Waals surface area contributed by atoms with Gasteiger partial charge in [0.2, 0.25) is 0 Å². The van der Waals surface area contributed by atoms with Gasteiger partial charge in [-0.3, -0.25) is 0 Å². The molecule has 2 atom stereocenters. The highest BCUT2D eigenvalue weighted by Crippen LogP contribution is 2.25. The molecule has 0 aromatic heterocycles. The standard InChI is InChI=1S/C6H15PS/c1-3-5-6(8)7-4-2/h6-8H,3-5H2,1-2H3. The molecule has 0 radical (unpaired) electrons. The minimum atomic E-state index is 0.685. The first-order chi connectivity index (χ1) is 3.81. The number of rotatable bonds is 4. The lowest BCUT2D eigenvalue weighted by molar-refractivity contribution is 0.869. The Labute approximate surface area is 59.6 Å². The Morgan fingerprint density at radius 3 is 2.50 bits per heavy atom. The van der Waals surface area contributed by atoms with Crippen molar-refractivity contribution in [1.29, 1.82) is 0 Å². The number of hydrogen-bond acceptors (Lipinski definition) is 1. The van der Waals surface area contributed by atoms with E-state index in [1.807, 2.05) is 0 Å². The summed E-state index contributed by atoms with van der Waals surface area (Å²) in [5.41, 5.74) is 0. The van der Waals surface area contributed by atoms with Gasteiger partial charge >= 0.3 is 0 Å². The lowest BCUT2D eigenvalue weighted by Crippen LogP contribution is -1.87. The molecular weight excluding hydrogens is 135 g/mol. The lowest BCUT2D eigenvalue weighted by atomic mass is 10.4. The third-order valence-electron chi connectivity index (χ3n) is 1.00. The van der Waals surface area contributed by atoms with Crippen molar-refractivity contribution in [3.63, 3.8) is 0 Å². The fourth-order valence-corrected chi connectivity index (χ4v) is 2.38. The average molecular weight is 150 g/mol. The smallest absolute Gasteiger partial charge is 0.0189 e. The predicted octanol–water partition coefficient (Wildman–Crippen LogP) is 2.74. The van der Waals surface area contributed by atoms with Crippen LogP contribution in [0.5, 0.6) is 0 Å². The molecule has 2 heteroatoms. The molecule has 0 saturated carbocycles. The molecule has 0 aliphatic heterocycles. The van der Waals surface area contributed by atoms with Gasteiger partial charge in [-0.05, 0) is 12.6 Å². The molecule has 2 unspecified atom stereocenters. The summed E-state index contributed by atoms with van der Waals surface area (Å²) in [5, 5.41) is 0. The zero-order valence-electron chi connectivity index (χ0n) is 5.65. The van der Waals surface area contributed by atoms with Crippen LogP contribution in [0.3, 0.4) is 0 Å². The van der Waals surface area contributed by atoms with Gasteiger partial charge in [0.15, 0.2) is 0 Å². The number of hydrogen-bond donors (Lipinski definition) is 1. The minimum absolute atomic E-state index is 0.685. The summed E-state index contributed by atoms with van der Waals surface area (Å²) >= 11 is 4.40. The minimum Gasteiger partial charge on any atom is -0.171 e. The Morgan fingerprint density at radius 2 is 2.12 bits per heavy atom. The van der Waals surface area contributed by atoms with E-state index in [4.69, 9.17) is 0 Å². The Morgan fingerprint density at radius 1 is 1.50 bits per heavy atom. The summed E-state index contributed by atoms with van der Waals surface area (Å²) < 4.78 is 0. The first-order valence-corrected chi connectivity index (χ1v) is 5.02. The molecule has 0 aromatic rings. The molecule has 0 fully saturated rings. The van der Waals surface area contributed by atoms with E-state index in [1.54, 1.807) is 0 Å². The molecule has 0 aliphatic rings. The van der Waals surface area contributed by atoms with Crippen LogP contribution in [-0.4, -0.2) is 11.2 Å². The van der Waals surface area contributed by atoms with Crippen LogP contribution in [0.2, 0.25) is 0 Å². The second-order valence-corrected chi connectivity index (χ2v) is 4.78. The van der Waals surface area contributed by atoms with Crippen LogP contribution in [0, 0.1) is 0 Å². The van der Waals surface area contributed by atoms with Gasteiger partial charge in [-0.15, -0.1) is 8.58 Å². The van der Waals surface area contributed by atoms with E-state index < -0.39 is 0 Å². The van der Waals surface area contributed by atoms with E-state index in [9.17, 15) is 0 Å². The van der Waals surface area contributed by atoms with Gasteiger partial charge in [0.05, 0.1) is 0 Å². The van der Waals surface area contributed by atoms with Crippen LogP contribution < -0.4 is 0 Å². The fourth-order valence-electron chi connectivity index (χ4n) is 0.611. The van der Waals surface area contributed by atoms with Crippen molar-refractivity contribution in [2.75, 3.05) is 6.16 Å². The van der Waals surface area contributed by atoms with Crippen molar-refractivity contribution in [2.45, 2.75) is 31.7 Å². The van der Waals surface area contributed by atoms with Crippen molar-refractivity contribution in [3.05, 3.63) is 0 Å². The third-order valence-corrected chi connectivity index (χ3v) is 2.98. The van der Waals surface area contributed by atoms with Crippen molar-refractivity contribution in [1.82, 2.24) is 0 Å². The molecule has 0 nitrogen and oxygen atoms in total. The van der Waals surface area contributed by atoms with Gasteiger partial charge in [0.25, 0.3) is 0 Å². The van der Waals surface area contributed by atoms with Gasteiger partial charge < -0.3 is 0 Å². The van der Waals surface area contributed by atoms with Gasteiger partial charge in [0, 0.05) is 4.99 Å². The van der Waals surface area contributed by atoms with E-state index in [0.717, 1.165) is 8.58 Å². The topological polar surface area (TPSA) is 0 Å². The normalized spacial score (nSPS) is 15.4. The van der Waals surface area contributed by atoms with Gasteiger partial charge in [0.1, 0.15) is 0 Å². The van der Waals surface area contributed by atoms with E-state index in [1.165, 1.54) is 19.0 Å². The summed E-state index contributed by atoms with van der Waals surface area (Å²) in [7, 11) is 1.06. The molecule has 8 heavy (non-hydrogen) atoms. The Balaban J connectivity index is 2.92. The first kappa shape index (κ1) is 8.78. The van der Waals surface area contributed by atoms with Gasteiger partial charge in [-0.2, -0.15) is 12.6 Å². The molecule has 0 rings (SSSR count). The molecule has 0 aromatic carbocycles. The SMILES string of the molecule is CCCC(S)PCC. The van der Waals surface area contributed by atoms with E-state index in [2.05, 4.69) is 26.5 Å². The maximum Gasteiger partial charge on any atom is 0.0189 e. The fraction of sp³-hybridized carbons (Fsp3) is 1.00. The van der Waals surface area contributed by atoms with E-state index in [-0.39, 0.29) is 0 Å². The first-order valence-electron chi connectivity index (χ1n) is 3.22. The highest BCUT2D eigenvalue weighted by molar-refractivity contribution is 7.87. The Kier molecular flexibility index (Phi) is 6.48. The summed E-state index contributed by atoms with van der Waals surface area (Å²) in [6.45, 7) is 4.43. The Hall–Kier alpha value is 0.780. The van der Waals surface area contributed by atoms with Gasteiger partial charge in [-0.1, -0.05) is 20.3 Å². The molecule has 0 heterocycles. The largest absolute Gasteiger partial charge is 0.171 e. The summed E-state index contributed by atoms with van der Waals surface area (Å²) in [6.07, 6.45) is 3.87. The van der Waals surface area contributed by atoms with Crippen LogP contribution in [0.15, 0.2) is 0 Å². The van der Waals surface area contributed by atoms with Crippen LogP contribution in [0.1, 0.15) is 26.7 Å². The van der Waals surface area contributed by atoms with Crippen molar-refractivity contribution in [3.8, 4) is 0 Å². The predicted molar refractivity (Wildman–Crippen MR) is 46.5 cm³/mol. The summed E-state index contributed by atoms with van der Waals surface area (Å²) in [4.78, 5) is 0.685. The monoisotopic (exact) mass is 150 g/mol. The molecule has 0 amide bonds. The number of thiol groups is 1. The molecule has 0 N–H and O–H groups in total. The zero-order valence-corrected chi connectivity index (χ0v) is 7.54. The van der Waals surface area contributed by atoms with Gasteiger partial charge in [-0.25, -0.2) is 0 Å². The highest BCUT2D eigenvalue weighted by atomic mass is 32.1. The summed E-state index contributed by atoms with van der Waals surface area (Å²) in [6, 6.07) is 0. The van der Waals surface area contributed by atoms with Crippen LogP contribution in [-0.2, 0) is 0 Å². The lowest BCUT2D eigenvalue weighted by Gasteiger charge is -2.05. The average Bonchev–Trinajstić information content (AvgIpc) is 1.68. The van der Waals surface area contributed by atoms with Crippen LogP contribution >= 0.6 is 21.2 Å². The highest BCUT2D eigenvalue weighted by Gasteiger charge is 1.96. The summed E-state index contributed by atoms with van der Waals surface area (Å²) in [5.74, 6) is 0. The Bertz CT molecular complexity index is 41.8. The maximum atomic E-state index is 4.40. The molecular formula is C6H15PS. The van der Waals surface area contributed by atoms with E-state index >= 15 is 0 Å². The molecule has 50 valence electrons. The molecule has 0 saturated heterocycles. The quantitative estimate of drug-likeness (QED) is 0.462. The van der Waals surface area contributed by atoms with Crippen molar-refractivity contribution in [2.24, 2.45) is 0 Å². The molecule has 0 aliphatic carbocycles. The maximum absolute atomic E-state index is 4.40. The zero-order chi connectivity index (χ0) is 6.41. The van der Waals surface area contributed by atoms with Crippen LogP contribution in [0.4, 0.5) is 0 Å². The molecule has 0 bridgehead atoms. The third kappa shape index (κ3) is 4.93. The molecule has 0 spiro atoms.